The first-order valence-corrected chi connectivity index (χ1v) is 9.61. The molecule has 0 atom stereocenters. The quantitative estimate of drug-likeness (QED) is 0.559. The Morgan fingerprint density at radius 3 is 2.61 bits per heavy atom. The molecule has 0 unspecified atom stereocenters. The number of carbonyl (C=O) groups is 2. The molecule has 2 amide bonds. The van der Waals surface area contributed by atoms with Crippen LogP contribution in [0, 0.1) is 5.82 Å². The van der Waals surface area contributed by atoms with E-state index in [1.165, 1.54) is 41.7 Å². The monoisotopic (exact) mass is 418 g/mol. The predicted octanol–water partition coefficient (Wildman–Crippen LogP) is 5.44. The van der Waals surface area contributed by atoms with E-state index in [9.17, 15) is 14.0 Å². The van der Waals surface area contributed by atoms with Crippen molar-refractivity contribution in [2.45, 2.75) is 6.92 Å². The van der Waals surface area contributed by atoms with E-state index in [0.29, 0.717) is 22.2 Å². The van der Waals surface area contributed by atoms with Gasteiger partial charge in [0, 0.05) is 17.3 Å². The highest BCUT2D eigenvalue weighted by atomic mass is 35.5. The second kappa shape index (κ2) is 8.86. The van der Waals surface area contributed by atoms with Crippen LogP contribution in [-0.2, 0) is 0 Å². The summed E-state index contributed by atoms with van der Waals surface area (Å²) in [7, 11) is 0. The molecule has 0 bridgehead atoms. The second-order valence-electron chi connectivity index (χ2n) is 5.66. The molecule has 0 aliphatic heterocycles. The lowest BCUT2D eigenvalue weighted by Crippen LogP contribution is -2.14. The fourth-order valence-electron chi connectivity index (χ4n) is 2.41. The lowest BCUT2D eigenvalue weighted by Gasteiger charge is -2.11. The van der Waals surface area contributed by atoms with Gasteiger partial charge in [0.2, 0.25) is 0 Å². The van der Waals surface area contributed by atoms with Crippen molar-refractivity contribution in [3.8, 4) is 5.75 Å². The Bertz CT molecular complexity index is 1010. The fourth-order valence-corrected chi connectivity index (χ4v) is 3.19. The summed E-state index contributed by atoms with van der Waals surface area (Å²) in [6.45, 7) is 2.10. The molecule has 0 fully saturated rings. The fraction of sp³-hybridized carbons (Fsp3) is 0.100. The molecule has 0 aliphatic carbocycles. The second-order valence-corrected chi connectivity index (χ2v) is 7.01. The van der Waals surface area contributed by atoms with Gasteiger partial charge in [0.1, 0.15) is 0 Å². The van der Waals surface area contributed by atoms with E-state index in [1.807, 2.05) is 0 Å². The molecule has 0 radical (unpaired) electrons. The van der Waals surface area contributed by atoms with E-state index in [2.05, 4.69) is 10.6 Å². The van der Waals surface area contributed by atoms with Gasteiger partial charge in [0.15, 0.2) is 11.6 Å². The van der Waals surface area contributed by atoms with Crippen LogP contribution in [0.25, 0.3) is 0 Å². The number of ether oxygens (including phenoxy) is 1. The Kier molecular flexibility index (Phi) is 6.28. The van der Waals surface area contributed by atoms with Crippen LogP contribution >= 0.6 is 22.9 Å². The number of nitrogens with one attached hydrogen (secondary N) is 2. The van der Waals surface area contributed by atoms with E-state index in [0.717, 1.165) is 0 Å². The Labute approximate surface area is 170 Å². The molecular formula is C20H16ClFN2O3S. The van der Waals surface area contributed by atoms with Gasteiger partial charge in [-0.2, -0.15) is 0 Å². The SMILES string of the molecule is CCOc1ccc(NC(=O)c2ccc(Cl)c(NC(=O)c3cccs3)c2)cc1F. The number of anilines is 2. The maximum absolute atomic E-state index is 13.9. The van der Waals surface area contributed by atoms with Crippen molar-refractivity contribution in [2.75, 3.05) is 17.2 Å². The maximum atomic E-state index is 13.9. The lowest BCUT2D eigenvalue weighted by atomic mass is 10.1. The van der Waals surface area contributed by atoms with Gasteiger partial charge in [-0.15, -0.1) is 11.3 Å². The molecule has 0 saturated heterocycles. The van der Waals surface area contributed by atoms with Gasteiger partial charge in [-0.25, -0.2) is 4.39 Å². The number of thiophene rings is 1. The molecule has 2 N–H and O–H groups in total. The number of benzene rings is 2. The minimum Gasteiger partial charge on any atom is -0.491 e. The number of carbonyl (C=O) groups excluding carboxylic acids is 2. The summed E-state index contributed by atoms with van der Waals surface area (Å²) in [5.74, 6) is -1.24. The van der Waals surface area contributed by atoms with Gasteiger partial charge < -0.3 is 15.4 Å². The van der Waals surface area contributed by atoms with Crippen LogP contribution in [0.2, 0.25) is 5.02 Å². The molecule has 0 saturated carbocycles. The zero-order chi connectivity index (χ0) is 20.1. The van der Waals surface area contributed by atoms with Crippen LogP contribution in [0.5, 0.6) is 5.75 Å². The summed E-state index contributed by atoms with van der Waals surface area (Å²) >= 11 is 7.42. The molecule has 28 heavy (non-hydrogen) atoms. The Hall–Kier alpha value is -2.90. The van der Waals surface area contributed by atoms with Gasteiger partial charge in [-0.3, -0.25) is 9.59 Å². The molecule has 3 rings (SSSR count). The van der Waals surface area contributed by atoms with E-state index in [-0.39, 0.29) is 22.9 Å². The van der Waals surface area contributed by atoms with Gasteiger partial charge in [0.25, 0.3) is 11.8 Å². The van der Waals surface area contributed by atoms with Gasteiger partial charge >= 0.3 is 0 Å². The molecule has 0 spiro atoms. The van der Waals surface area contributed by atoms with E-state index >= 15 is 0 Å². The standard InChI is InChI=1S/C20H16ClFN2O3S/c1-2-27-17-8-6-13(11-15(17)22)23-19(25)12-5-7-14(21)16(10-12)24-20(26)18-4-3-9-28-18/h3-11H,2H2,1H3,(H,23,25)(H,24,26). The molecule has 3 aromatic rings. The van der Waals surface area contributed by atoms with Crippen LogP contribution in [0.1, 0.15) is 27.0 Å². The van der Waals surface area contributed by atoms with E-state index < -0.39 is 11.7 Å². The number of amides is 2. The maximum Gasteiger partial charge on any atom is 0.265 e. The summed E-state index contributed by atoms with van der Waals surface area (Å²) in [6.07, 6.45) is 0. The highest BCUT2D eigenvalue weighted by Crippen LogP contribution is 2.26. The van der Waals surface area contributed by atoms with Gasteiger partial charge in [-0.05, 0) is 48.7 Å². The Balaban J connectivity index is 1.75. The molecular weight excluding hydrogens is 403 g/mol. The minimum absolute atomic E-state index is 0.116. The number of rotatable bonds is 6. The number of hydrogen-bond acceptors (Lipinski definition) is 4. The predicted molar refractivity (Wildman–Crippen MR) is 109 cm³/mol. The highest BCUT2D eigenvalue weighted by molar-refractivity contribution is 7.12. The zero-order valence-corrected chi connectivity index (χ0v) is 16.4. The largest absolute Gasteiger partial charge is 0.491 e. The summed E-state index contributed by atoms with van der Waals surface area (Å²) in [6, 6.07) is 12.1. The van der Waals surface area contributed by atoms with Gasteiger partial charge in [0.05, 0.1) is 22.2 Å². The van der Waals surface area contributed by atoms with Crippen molar-refractivity contribution >= 4 is 46.1 Å². The van der Waals surface area contributed by atoms with Crippen LogP contribution < -0.4 is 15.4 Å². The third-order valence-electron chi connectivity index (χ3n) is 3.71. The molecule has 2 aromatic carbocycles. The molecule has 5 nitrogen and oxygen atoms in total. The van der Waals surface area contributed by atoms with Crippen molar-refractivity contribution < 1.29 is 18.7 Å². The summed E-state index contributed by atoms with van der Waals surface area (Å²) in [5, 5.41) is 7.38. The zero-order valence-electron chi connectivity index (χ0n) is 14.8. The topological polar surface area (TPSA) is 67.4 Å². The average molecular weight is 419 g/mol. The van der Waals surface area contributed by atoms with Crippen molar-refractivity contribution in [3.63, 3.8) is 0 Å². The third-order valence-corrected chi connectivity index (χ3v) is 4.91. The lowest BCUT2D eigenvalue weighted by molar-refractivity contribution is 0.101. The molecule has 1 aromatic heterocycles. The summed E-state index contributed by atoms with van der Waals surface area (Å²) in [5.41, 5.74) is 0.857. The first-order valence-electron chi connectivity index (χ1n) is 8.36. The van der Waals surface area contributed by atoms with Crippen molar-refractivity contribution in [2.24, 2.45) is 0 Å². The average Bonchev–Trinajstić information content (AvgIpc) is 3.20. The number of hydrogen-bond donors (Lipinski definition) is 2. The molecule has 8 heteroatoms. The Morgan fingerprint density at radius 2 is 1.93 bits per heavy atom. The smallest absolute Gasteiger partial charge is 0.265 e. The first-order chi connectivity index (χ1) is 13.5. The first kappa shape index (κ1) is 19.9. The molecule has 1 heterocycles. The Morgan fingerprint density at radius 1 is 1.11 bits per heavy atom. The number of halogens is 2. The third kappa shape index (κ3) is 4.68. The molecule has 0 aliphatic rings. The van der Waals surface area contributed by atoms with Crippen molar-refractivity contribution in [1.29, 1.82) is 0 Å². The summed E-state index contributed by atoms with van der Waals surface area (Å²) in [4.78, 5) is 25.2. The minimum atomic E-state index is -0.570. The highest BCUT2D eigenvalue weighted by Gasteiger charge is 2.14. The summed E-state index contributed by atoms with van der Waals surface area (Å²) < 4.78 is 19.1. The van der Waals surface area contributed by atoms with Crippen LogP contribution in [-0.4, -0.2) is 18.4 Å². The van der Waals surface area contributed by atoms with Crippen molar-refractivity contribution in [1.82, 2.24) is 0 Å². The van der Waals surface area contributed by atoms with E-state index in [4.69, 9.17) is 16.3 Å². The van der Waals surface area contributed by atoms with Crippen LogP contribution in [0.15, 0.2) is 53.9 Å². The normalized spacial score (nSPS) is 10.4. The van der Waals surface area contributed by atoms with Crippen molar-refractivity contribution in [3.05, 3.63) is 75.2 Å². The van der Waals surface area contributed by atoms with Crippen LogP contribution in [0.3, 0.4) is 0 Å². The van der Waals surface area contributed by atoms with E-state index in [1.54, 1.807) is 30.5 Å². The van der Waals surface area contributed by atoms with Crippen LogP contribution in [0.4, 0.5) is 15.8 Å². The molecule has 144 valence electrons. The van der Waals surface area contributed by atoms with Gasteiger partial charge in [-0.1, -0.05) is 17.7 Å².